The summed E-state index contributed by atoms with van der Waals surface area (Å²) >= 11 is 0.840. The summed E-state index contributed by atoms with van der Waals surface area (Å²) in [5, 5.41) is 19.5. The number of para-hydroxylation sites is 1. The molecule has 0 aliphatic carbocycles. The number of nitro benzene ring substituents is 1. The van der Waals surface area contributed by atoms with Gasteiger partial charge in [0.05, 0.1) is 4.92 Å². The van der Waals surface area contributed by atoms with Gasteiger partial charge in [-0.1, -0.05) is 18.2 Å². The van der Waals surface area contributed by atoms with Crippen molar-refractivity contribution in [2.75, 3.05) is 0 Å². The number of nitrogens with one attached hydrogen (secondary N) is 1. The van der Waals surface area contributed by atoms with E-state index in [1.165, 1.54) is 30.3 Å². The van der Waals surface area contributed by atoms with Crippen molar-refractivity contribution in [3.63, 3.8) is 0 Å². The second-order valence-corrected chi connectivity index (χ2v) is 7.02. The Morgan fingerprint density at radius 1 is 1.29 bits per heavy atom. The van der Waals surface area contributed by atoms with E-state index in [0.717, 1.165) is 11.3 Å². The Hall–Kier alpha value is -2.28. The van der Waals surface area contributed by atoms with Crippen LogP contribution in [-0.2, 0) is 16.6 Å². The van der Waals surface area contributed by atoms with Crippen LogP contribution in [0.15, 0.2) is 40.6 Å². The smallest absolute Gasteiger partial charge is 0.258 e. The highest BCUT2D eigenvalue weighted by Gasteiger charge is 2.19. The van der Waals surface area contributed by atoms with Crippen LogP contribution in [0.4, 0.5) is 5.69 Å². The second kappa shape index (κ2) is 6.01. The van der Waals surface area contributed by atoms with Crippen LogP contribution in [0.25, 0.3) is 0 Å². The maximum absolute atomic E-state index is 12.0. The third-order valence-electron chi connectivity index (χ3n) is 2.60. The summed E-state index contributed by atoms with van der Waals surface area (Å²) in [6, 6.07) is 10.5. The molecule has 9 heteroatoms. The first-order valence-electron chi connectivity index (χ1n) is 5.66. The molecule has 0 atom stereocenters. The summed E-state index contributed by atoms with van der Waals surface area (Å²) in [5.74, 6) is 0. The van der Waals surface area contributed by atoms with Crippen molar-refractivity contribution in [1.29, 1.82) is 5.26 Å². The fraction of sp³-hybridized carbons (Fsp3) is 0.0833. The highest BCUT2D eigenvalue weighted by molar-refractivity contribution is 7.91. The third-order valence-corrected chi connectivity index (χ3v) is 5.48. The Balaban J connectivity index is 2.20. The van der Waals surface area contributed by atoms with Crippen molar-refractivity contribution in [3.8, 4) is 6.07 Å². The van der Waals surface area contributed by atoms with Gasteiger partial charge in [0.15, 0.2) is 0 Å². The molecule has 0 saturated carbocycles. The van der Waals surface area contributed by atoms with E-state index in [2.05, 4.69) is 4.72 Å². The van der Waals surface area contributed by atoms with Gasteiger partial charge in [-0.3, -0.25) is 10.1 Å². The van der Waals surface area contributed by atoms with E-state index in [1.807, 2.05) is 6.07 Å². The van der Waals surface area contributed by atoms with Gasteiger partial charge in [-0.05, 0) is 12.1 Å². The molecule has 0 amide bonds. The Labute approximate surface area is 124 Å². The first-order chi connectivity index (χ1) is 9.94. The average molecular weight is 323 g/mol. The molecule has 1 aromatic carbocycles. The molecule has 2 rings (SSSR count). The summed E-state index contributed by atoms with van der Waals surface area (Å²) in [7, 11) is -3.80. The van der Waals surface area contributed by atoms with Gasteiger partial charge in [-0.15, -0.1) is 11.3 Å². The van der Waals surface area contributed by atoms with E-state index in [9.17, 15) is 18.5 Å². The lowest BCUT2D eigenvalue weighted by atomic mass is 10.2. The molecule has 0 aliphatic rings. The zero-order chi connectivity index (χ0) is 15.5. The van der Waals surface area contributed by atoms with Crippen LogP contribution in [0.3, 0.4) is 0 Å². The van der Waals surface area contributed by atoms with Crippen LogP contribution in [0.2, 0.25) is 0 Å². The van der Waals surface area contributed by atoms with Crippen LogP contribution in [0.1, 0.15) is 10.4 Å². The Morgan fingerprint density at radius 3 is 2.62 bits per heavy atom. The van der Waals surface area contributed by atoms with Gasteiger partial charge in [0.2, 0.25) is 10.0 Å². The maximum Gasteiger partial charge on any atom is 0.273 e. The number of nitriles is 1. The first kappa shape index (κ1) is 15.1. The lowest BCUT2D eigenvalue weighted by Crippen LogP contribution is -2.22. The summed E-state index contributed by atoms with van der Waals surface area (Å²) in [6.45, 7) is -0.195. The van der Waals surface area contributed by atoms with E-state index in [4.69, 9.17) is 5.26 Å². The van der Waals surface area contributed by atoms with Crippen LogP contribution in [-0.4, -0.2) is 13.3 Å². The van der Waals surface area contributed by atoms with Gasteiger partial charge in [0.1, 0.15) is 15.2 Å². The van der Waals surface area contributed by atoms with Crippen molar-refractivity contribution in [2.45, 2.75) is 10.8 Å². The normalized spacial score (nSPS) is 11.0. The van der Waals surface area contributed by atoms with Crippen LogP contribution < -0.4 is 4.72 Å². The molecule has 0 spiro atoms. The molecule has 108 valence electrons. The second-order valence-electron chi connectivity index (χ2n) is 3.94. The molecule has 0 bridgehead atoms. The van der Waals surface area contributed by atoms with Crippen molar-refractivity contribution < 1.29 is 13.3 Å². The van der Waals surface area contributed by atoms with Crippen molar-refractivity contribution in [3.05, 3.63) is 57.0 Å². The fourth-order valence-electron chi connectivity index (χ4n) is 1.61. The van der Waals surface area contributed by atoms with Crippen molar-refractivity contribution >= 4 is 27.0 Å². The molecule has 1 heterocycles. The van der Waals surface area contributed by atoms with E-state index < -0.39 is 14.9 Å². The molecular weight excluding hydrogens is 314 g/mol. The van der Waals surface area contributed by atoms with Crippen LogP contribution >= 0.6 is 11.3 Å². The highest BCUT2D eigenvalue weighted by atomic mass is 32.2. The van der Waals surface area contributed by atoms with Gasteiger partial charge >= 0.3 is 0 Å². The molecule has 21 heavy (non-hydrogen) atoms. The van der Waals surface area contributed by atoms with E-state index >= 15 is 0 Å². The maximum atomic E-state index is 12.0. The number of nitrogens with zero attached hydrogens (tertiary/aromatic N) is 2. The molecular formula is C12H9N3O4S2. The average Bonchev–Trinajstić information content (AvgIpc) is 2.95. The van der Waals surface area contributed by atoms with E-state index in [0.29, 0.717) is 0 Å². The van der Waals surface area contributed by atoms with Crippen molar-refractivity contribution in [1.82, 2.24) is 4.72 Å². The molecule has 0 aliphatic heterocycles. The minimum absolute atomic E-state index is 0.00219. The van der Waals surface area contributed by atoms with Gasteiger partial charge in [-0.2, -0.15) is 5.26 Å². The number of nitro groups is 1. The fourth-order valence-corrected chi connectivity index (χ4v) is 3.76. The Morgan fingerprint density at radius 2 is 2.00 bits per heavy atom. The number of thiophene rings is 1. The molecule has 1 aromatic heterocycles. The number of benzene rings is 1. The third kappa shape index (κ3) is 3.43. The number of hydrogen-bond acceptors (Lipinski definition) is 6. The molecule has 0 fully saturated rings. The van der Waals surface area contributed by atoms with E-state index in [-0.39, 0.29) is 26.9 Å². The number of sulfonamides is 1. The van der Waals surface area contributed by atoms with Crippen LogP contribution in [0.5, 0.6) is 0 Å². The molecule has 2 aromatic rings. The van der Waals surface area contributed by atoms with Crippen molar-refractivity contribution in [2.24, 2.45) is 0 Å². The lowest BCUT2D eigenvalue weighted by Gasteiger charge is -2.05. The molecule has 0 radical (unpaired) electrons. The van der Waals surface area contributed by atoms with Gasteiger partial charge in [-0.25, -0.2) is 13.1 Å². The van der Waals surface area contributed by atoms with Gasteiger partial charge in [0.25, 0.3) is 5.69 Å². The lowest BCUT2D eigenvalue weighted by molar-refractivity contribution is -0.385. The minimum Gasteiger partial charge on any atom is -0.258 e. The predicted octanol–water partition coefficient (Wildman–Crippen LogP) is 2.01. The van der Waals surface area contributed by atoms with Crippen LogP contribution in [0, 0.1) is 21.4 Å². The predicted molar refractivity (Wildman–Crippen MR) is 76.2 cm³/mol. The standard InChI is InChI=1S/C12H9N3O4S2/c13-7-10-5-6-12(20-10)21(18,19)14-8-9-3-1-2-4-11(9)15(16)17/h1-6,14H,8H2. The summed E-state index contributed by atoms with van der Waals surface area (Å²) in [4.78, 5) is 10.6. The zero-order valence-corrected chi connectivity index (χ0v) is 12.1. The minimum atomic E-state index is -3.80. The monoisotopic (exact) mass is 323 g/mol. The van der Waals surface area contributed by atoms with Gasteiger partial charge < -0.3 is 0 Å². The summed E-state index contributed by atoms with van der Waals surface area (Å²) in [5.41, 5.74) is 0.118. The largest absolute Gasteiger partial charge is 0.273 e. The SMILES string of the molecule is N#Cc1ccc(S(=O)(=O)NCc2ccccc2[N+](=O)[O-])s1. The summed E-state index contributed by atoms with van der Waals surface area (Å²) < 4.78 is 26.4. The Bertz CT molecular complexity index is 821. The molecule has 7 nitrogen and oxygen atoms in total. The Kier molecular flexibility index (Phi) is 4.32. The molecule has 0 unspecified atom stereocenters. The number of rotatable bonds is 5. The zero-order valence-electron chi connectivity index (χ0n) is 10.5. The molecule has 1 N–H and O–H groups in total. The highest BCUT2D eigenvalue weighted by Crippen LogP contribution is 2.22. The summed E-state index contributed by atoms with van der Waals surface area (Å²) in [6.07, 6.45) is 0. The molecule has 0 saturated heterocycles. The first-order valence-corrected chi connectivity index (χ1v) is 7.96. The quantitative estimate of drug-likeness (QED) is 0.668. The van der Waals surface area contributed by atoms with E-state index in [1.54, 1.807) is 6.07 Å². The topological polar surface area (TPSA) is 113 Å². The number of hydrogen-bond donors (Lipinski definition) is 1. The van der Waals surface area contributed by atoms with Gasteiger partial charge in [0, 0.05) is 18.2 Å².